The number of nitrogens with two attached hydrogens (primary N) is 1. The first-order chi connectivity index (χ1) is 12.7. The molecule has 1 aliphatic heterocycles. The lowest BCUT2D eigenvalue weighted by Gasteiger charge is -2.03. The molecule has 5 rings (SSSR count). The monoisotopic (exact) mass is 377 g/mol. The van der Waals surface area contributed by atoms with E-state index in [0.29, 0.717) is 10.5 Å². The minimum atomic E-state index is -0.367. The molecule has 1 aliphatic rings. The molecule has 26 heavy (non-hydrogen) atoms. The molecule has 0 atom stereocenters. The second-order valence-corrected chi connectivity index (χ2v) is 7.57. The fraction of sp³-hybridized carbons (Fsp3) is 0. The molecule has 0 bridgehead atoms. The summed E-state index contributed by atoms with van der Waals surface area (Å²) in [4.78, 5) is 22.6. The number of aromatic nitrogens is 3. The Labute approximate surface area is 155 Å². The third-order valence-corrected chi connectivity index (χ3v) is 6.03. The lowest BCUT2D eigenvalue weighted by Crippen LogP contribution is -2.16. The van der Waals surface area contributed by atoms with Gasteiger partial charge in [0.15, 0.2) is 5.01 Å². The first-order valence-corrected chi connectivity index (χ1v) is 9.49. The number of fused-ring (bicyclic) bond motifs is 2. The summed E-state index contributed by atoms with van der Waals surface area (Å²) in [5.41, 5.74) is 8.90. The van der Waals surface area contributed by atoms with Crippen molar-refractivity contribution in [2.75, 3.05) is 5.73 Å². The van der Waals surface area contributed by atoms with E-state index < -0.39 is 0 Å². The van der Waals surface area contributed by atoms with E-state index in [9.17, 15) is 4.79 Å². The minimum Gasteiger partial charge on any atom is -0.383 e. The third kappa shape index (κ3) is 2.31. The fourth-order valence-electron chi connectivity index (χ4n) is 2.83. The second-order valence-electron chi connectivity index (χ2n) is 5.67. The summed E-state index contributed by atoms with van der Waals surface area (Å²) >= 11 is 2.93. The average molecular weight is 377 g/mol. The SMILES string of the molecule is Nc1c(/C=C2\C=Nc3ccccc32)c(=O)nc2sc(-c3cccs3)nn12. The Hall–Kier alpha value is -3.10. The molecule has 0 unspecified atom stereocenters. The predicted octanol–water partition coefficient (Wildman–Crippen LogP) is 3.72. The highest BCUT2D eigenvalue weighted by Crippen LogP contribution is 2.33. The van der Waals surface area contributed by atoms with Crippen molar-refractivity contribution in [2.24, 2.45) is 4.99 Å². The highest BCUT2D eigenvalue weighted by Gasteiger charge is 2.17. The molecule has 0 saturated carbocycles. The molecule has 0 fully saturated rings. The van der Waals surface area contributed by atoms with Gasteiger partial charge in [0, 0.05) is 17.4 Å². The maximum absolute atomic E-state index is 12.5. The van der Waals surface area contributed by atoms with Crippen molar-refractivity contribution in [3.63, 3.8) is 0 Å². The molecule has 0 saturated heterocycles. The van der Waals surface area contributed by atoms with Crippen LogP contribution < -0.4 is 11.3 Å². The molecule has 0 amide bonds. The largest absolute Gasteiger partial charge is 0.383 e. The number of nitrogens with zero attached hydrogens (tertiary/aromatic N) is 4. The van der Waals surface area contributed by atoms with Gasteiger partial charge in [-0.15, -0.1) is 11.3 Å². The van der Waals surface area contributed by atoms with Crippen molar-refractivity contribution in [1.82, 2.24) is 14.6 Å². The van der Waals surface area contributed by atoms with Gasteiger partial charge >= 0.3 is 0 Å². The summed E-state index contributed by atoms with van der Waals surface area (Å²) in [5, 5.41) is 7.30. The number of benzene rings is 1. The molecule has 126 valence electrons. The van der Waals surface area contributed by atoms with Gasteiger partial charge in [-0.05, 0) is 23.6 Å². The van der Waals surface area contributed by atoms with Crippen LogP contribution >= 0.6 is 22.7 Å². The molecule has 8 heteroatoms. The van der Waals surface area contributed by atoms with E-state index in [1.165, 1.54) is 15.9 Å². The molecule has 3 aromatic heterocycles. The number of anilines is 1. The van der Waals surface area contributed by atoms with Gasteiger partial charge in [0.2, 0.25) is 4.96 Å². The fourth-order valence-corrected chi connectivity index (χ4v) is 4.52. The zero-order chi connectivity index (χ0) is 17.7. The maximum Gasteiger partial charge on any atom is 0.283 e. The van der Waals surface area contributed by atoms with Gasteiger partial charge in [0.1, 0.15) is 5.82 Å². The van der Waals surface area contributed by atoms with Gasteiger partial charge in [-0.25, -0.2) is 0 Å². The topological polar surface area (TPSA) is 85.6 Å². The Bertz CT molecular complexity index is 1260. The van der Waals surface area contributed by atoms with Gasteiger partial charge in [-0.3, -0.25) is 9.79 Å². The van der Waals surface area contributed by atoms with E-state index in [4.69, 9.17) is 5.73 Å². The predicted molar refractivity (Wildman–Crippen MR) is 107 cm³/mol. The van der Waals surface area contributed by atoms with E-state index in [1.807, 2.05) is 41.8 Å². The first-order valence-electron chi connectivity index (χ1n) is 7.79. The molecule has 4 heterocycles. The maximum atomic E-state index is 12.5. The van der Waals surface area contributed by atoms with Crippen LogP contribution in [0.25, 0.3) is 26.5 Å². The molecule has 6 nitrogen and oxygen atoms in total. The zero-order valence-corrected chi connectivity index (χ0v) is 14.9. The third-order valence-electron chi connectivity index (χ3n) is 4.08. The summed E-state index contributed by atoms with van der Waals surface area (Å²) in [6.45, 7) is 0. The summed E-state index contributed by atoms with van der Waals surface area (Å²) in [7, 11) is 0. The first kappa shape index (κ1) is 15.2. The van der Waals surface area contributed by atoms with Crippen LogP contribution in [0.15, 0.2) is 51.6 Å². The van der Waals surface area contributed by atoms with Gasteiger partial charge in [0.25, 0.3) is 5.56 Å². The van der Waals surface area contributed by atoms with E-state index in [0.717, 1.165) is 26.7 Å². The number of para-hydroxylation sites is 1. The summed E-state index contributed by atoms with van der Waals surface area (Å²) in [6.07, 6.45) is 3.47. The Morgan fingerprint density at radius 3 is 2.88 bits per heavy atom. The van der Waals surface area contributed by atoms with Crippen molar-refractivity contribution in [2.45, 2.75) is 0 Å². The summed E-state index contributed by atoms with van der Waals surface area (Å²) < 4.78 is 1.53. The number of thiophene rings is 1. The van der Waals surface area contributed by atoms with Gasteiger partial charge < -0.3 is 5.73 Å². The molecule has 0 radical (unpaired) electrons. The van der Waals surface area contributed by atoms with Crippen LogP contribution in [0.5, 0.6) is 0 Å². The van der Waals surface area contributed by atoms with Crippen molar-refractivity contribution < 1.29 is 0 Å². The van der Waals surface area contributed by atoms with Crippen molar-refractivity contribution >= 4 is 57.0 Å². The molecule has 4 aromatic rings. The van der Waals surface area contributed by atoms with Crippen molar-refractivity contribution in [1.29, 1.82) is 0 Å². The zero-order valence-electron chi connectivity index (χ0n) is 13.3. The van der Waals surface area contributed by atoms with Crippen LogP contribution in [0.2, 0.25) is 0 Å². The number of hydrogen-bond acceptors (Lipinski definition) is 7. The molecular formula is C18H11N5OS2. The Kier molecular flexibility index (Phi) is 3.34. The Morgan fingerprint density at radius 1 is 1.15 bits per heavy atom. The minimum absolute atomic E-state index is 0.282. The number of nitrogen functional groups attached to an aromatic ring is 1. The van der Waals surface area contributed by atoms with Gasteiger partial charge in [-0.1, -0.05) is 35.6 Å². The highest BCUT2D eigenvalue weighted by molar-refractivity contribution is 7.23. The van der Waals surface area contributed by atoms with E-state index >= 15 is 0 Å². The summed E-state index contributed by atoms with van der Waals surface area (Å²) in [5.74, 6) is 0.282. The molecule has 1 aromatic carbocycles. The van der Waals surface area contributed by atoms with Crippen LogP contribution in [0.1, 0.15) is 11.1 Å². The molecular weight excluding hydrogens is 366 g/mol. The van der Waals surface area contributed by atoms with Crippen molar-refractivity contribution in [3.05, 3.63) is 63.3 Å². The Balaban J connectivity index is 1.69. The lowest BCUT2D eigenvalue weighted by molar-refractivity contribution is 0.946. The van der Waals surface area contributed by atoms with Crippen LogP contribution in [0, 0.1) is 0 Å². The van der Waals surface area contributed by atoms with Crippen LogP contribution in [-0.4, -0.2) is 20.8 Å². The van der Waals surface area contributed by atoms with Crippen LogP contribution in [0.3, 0.4) is 0 Å². The normalized spacial score (nSPS) is 14.4. The summed E-state index contributed by atoms with van der Waals surface area (Å²) in [6, 6.07) is 11.7. The van der Waals surface area contributed by atoms with E-state index in [2.05, 4.69) is 15.1 Å². The molecule has 0 aliphatic carbocycles. The quantitative estimate of drug-likeness (QED) is 0.577. The number of rotatable bonds is 2. The molecule has 2 N–H and O–H groups in total. The highest BCUT2D eigenvalue weighted by atomic mass is 32.1. The Morgan fingerprint density at radius 2 is 2.04 bits per heavy atom. The number of aliphatic imine (C=N–C) groups is 1. The average Bonchev–Trinajstić information content (AvgIpc) is 3.37. The molecule has 0 spiro atoms. The second kappa shape index (κ2) is 5.72. The smallest absolute Gasteiger partial charge is 0.283 e. The van der Waals surface area contributed by atoms with Gasteiger partial charge in [0.05, 0.1) is 16.1 Å². The van der Waals surface area contributed by atoms with Crippen LogP contribution in [0.4, 0.5) is 11.5 Å². The van der Waals surface area contributed by atoms with Gasteiger partial charge in [-0.2, -0.15) is 14.6 Å². The standard InChI is InChI=1S/C18H11N5OS2/c19-15-12(8-10-9-20-13-5-2-1-4-11(10)13)16(24)21-18-23(15)22-17(26-18)14-6-3-7-25-14/h1-9H,19H2/b10-8+. The van der Waals surface area contributed by atoms with Crippen LogP contribution in [-0.2, 0) is 0 Å². The number of hydrogen-bond donors (Lipinski definition) is 1. The van der Waals surface area contributed by atoms with Crippen molar-refractivity contribution in [3.8, 4) is 9.88 Å². The number of allylic oxidation sites excluding steroid dienone is 1. The van der Waals surface area contributed by atoms with E-state index in [1.54, 1.807) is 23.6 Å². The lowest BCUT2D eigenvalue weighted by atomic mass is 10.1. The van der Waals surface area contributed by atoms with E-state index in [-0.39, 0.29) is 11.4 Å².